The fourth-order valence-electron chi connectivity index (χ4n) is 4.72. The lowest BCUT2D eigenvalue weighted by atomic mass is 9.99. The third-order valence-corrected chi connectivity index (χ3v) is 6.83. The molecule has 1 saturated heterocycles. The van der Waals surface area contributed by atoms with Crippen LogP contribution in [0, 0.1) is 10.1 Å². The van der Waals surface area contributed by atoms with Crippen molar-refractivity contribution in [3.8, 4) is 0 Å². The Hall–Kier alpha value is -2.90. The minimum absolute atomic E-state index is 0.00373. The van der Waals surface area contributed by atoms with Gasteiger partial charge in [-0.2, -0.15) is 13.2 Å². The van der Waals surface area contributed by atoms with E-state index in [9.17, 15) is 33.2 Å². The largest absolute Gasteiger partial charge is 0.444 e. The second kappa shape index (κ2) is 12.3. The second-order valence-electron chi connectivity index (χ2n) is 11.4. The topological polar surface area (TPSA) is 114 Å². The first-order valence-electron chi connectivity index (χ1n) is 12.9. The number of ether oxygens (including phenoxy) is 1. The molecule has 1 aromatic carbocycles. The van der Waals surface area contributed by atoms with Gasteiger partial charge in [-0.05, 0) is 86.2 Å². The molecule has 0 bridgehead atoms. The lowest BCUT2D eigenvalue weighted by Gasteiger charge is -2.41. The van der Waals surface area contributed by atoms with E-state index in [-0.39, 0.29) is 31.0 Å². The van der Waals surface area contributed by atoms with Crippen LogP contribution in [0.4, 0.5) is 23.8 Å². The minimum atomic E-state index is -4.41. The maximum atomic E-state index is 13.1. The Morgan fingerprint density at radius 2 is 1.77 bits per heavy atom. The van der Waals surface area contributed by atoms with Gasteiger partial charge in [0, 0.05) is 32.2 Å². The summed E-state index contributed by atoms with van der Waals surface area (Å²) in [6, 6.07) is 4.75. The quantitative estimate of drug-likeness (QED) is 0.317. The van der Waals surface area contributed by atoms with Crippen LogP contribution < -0.4 is 0 Å². The summed E-state index contributed by atoms with van der Waals surface area (Å²) < 4.78 is 45.7. The SMILES string of the molecule is CC(C)(C)OC(=O)N(CCc1ccc(C(F)(F)F)cc1)C1CCN(C[C@](C)(O)Cn2cc([N+](=O)[O-])nc2Cl)CC1. The number of piperidine rings is 1. The van der Waals surface area contributed by atoms with Crippen LogP contribution in [-0.2, 0) is 23.9 Å². The van der Waals surface area contributed by atoms with Crippen molar-refractivity contribution in [2.45, 2.75) is 76.9 Å². The van der Waals surface area contributed by atoms with Gasteiger partial charge in [0.2, 0.25) is 0 Å². The Bertz CT molecular complexity index is 1170. The van der Waals surface area contributed by atoms with E-state index >= 15 is 0 Å². The van der Waals surface area contributed by atoms with Crippen molar-refractivity contribution in [1.82, 2.24) is 19.4 Å². The van der Waals surface area contributed by atoms with Gasteiger partial charge in [0.15, 0.2) is 0 Å². The summed E-state index contributed by atoms with van der Waals surface area (Å²) in [6.45, 7) is 8.60. The number of benzene rings is 1. The van der Waals surface area contributed by atoms with Gasteiger partial charge in [-0.1, -0.05) is 12.1 Å². The number of aromatic nitrogens is 2. The number of carbonyl (C=O) groups is 1. The molecule has 0 saturated carbocycles. The van der Waals surface area contributed by atoms with Crippen molar-refractivity contribution in [2.75, 3.05) is 26.2 Å². The van der Waals surface area contributed by atoms with Crippen LogP contribution in [0.3, 0.4) is 0 Å². The Kier molecular flexibility index (Phi) is 9.74. The molecular weight excluding hydrogens is 555 g/mol. The number of β-amino-alcohol motifs (C(OH)–C–C–N with tert-alkyl or cyclic N) is 1. The van der Waals surface area contributed by atoms with E-state index in [1.807, 2.05) is 4.90 Å². The van der Waals surface area contributed by atoms with E-state index in [2.05, 4.69) is 4.98 Å². The number of imidazole rings is 1. The van der Waals surface area contributed by atoms with Crippen molar-refractivity contribution >= 4 is 23.5 Å². The van der Waals surface area contributed by atoms with Crippen LogP contribution in [0.25, 0.3) is 0 Å². The third-order valence-electron chi connectivity index (χ3n) is 6.53. The molecule has 1 aromatic heterocycles. The van der Waals surface area contributed by atoms with Crippen molar-refractivity contribution in [3.63, 3.8) is 0 Å². The van der Waals surface area contributed by atoms with E-state index < -0.39 is 39.8 Å². The minimum Gasteiger partial charge on any atom is -0.444 e. The van der Waals surface area contributed by atoms with E-state index in [0.29, 0.717) is 37.9 Å². The maximum Gasteiger partial charge on any atom is 0.416 e. The summed E-state index contributed by atoms with van der Waals surface area (Å²) in [6.07, 6.45) is -2.16. The maximum absolute atomic E-state index is 13.1. The molecule has 0 aliphatic carbocycles. The first kappa shape index (κ1) is 31.6. The van der Waals surface area contributed by atoms with Crippen LogP contribution in [0.5, 0.6) is 0 Å². The summed E-state index contributed by atoms with van der Waals surface area (Å²) in [5, 5.41) is 21.9. The molecule has 14 heteroatoms. The zero-order valence-electron chi connectivity index (χ0n) is 22.9. The summed E-state index contributed by atoms with van der Waals surface area (Å²) >= 11 is 5.99. The molecule has 0 spiro atoms. The summed E-state index contributed by atoms with van der Waals surface area (Å²) in [5.41, 5.74) is -2.03. The molecule has 2 heterocycles. The lowest BCUT2D eigenvalue weighted by Crippen LogP contribution is -2.52. The average molecular weight is 590 g/mol. The molecule has 1 fully saturated rings. The van der Waals surface area contributed by atoms with Crippen molar-refractivity contribution in [1.29, 1.82) is 0 Å². The number of hydrogen-bond donors (Lipinski definition) is 1. The fourth-order valence-corrected chi connectivity index (χ4v) is 4.92. The highest BCUT2D eigenvalue weighted by Crippen LogP contribution is 2.29. The molecule has 1 N–H and O–H groups in total. The van der Waals surface area contributed by atoms with E-state index in [1.54, 1.807) is 32.6 Å². The molecule has 0 radical (unpaired) electrons. The number of alkyl halides is 3. The summed E-state index contributed by atoms with van der Waals surface area (Å²) in [7, 11) is 0. The smallest absolute Gasteiger partial charge is 0.416 e. The number of halogens is 4. The molecule has 0 unspecified atom stereocenters. The number of likely N-dealkylation sites (tertiary alicyclic amines) is 1. The van der Waals surface area contributed by atoms with E-state index in [4.69, 9.17) is 16.3 Å². The predicted molar refractivity (Wildman–Crippen MR) is 142 cm³/mol. The van der Waals surface area contributed by atoms with Crippen molar-refractivity contribution in [3.05, 3.63) is 57.0 Å². The highest BCUT2D eigenvalue weighted by atomic mass is 35.5. The number of nitrogens with zero attached hydrogens (tertiary/aromatic N) is 5. The van der Waals surface area contributed by atoms with E-state index in [1.165, 1.54) is 22.9 Å². The Labute approximate surface area is 235 Å². The molecular formula is C26H35ClF3N5O5. The normalized spacial score (nSPS) is 16.9. The molecule has 1 aliphatic heterocycles. The summed E-state index contributed by atoms with van der Waals surface area (Å²) in [5.74, 6) is -0.403. The molecule has 10 nitrogen and oxygen atoms in total. The van der Waals surface area contributed by atoms with Crippen LogP contribution in [0.1, 0.15) is 51.7 Å². The first-order chi connectivity index (χ1) is 18.4. The molecule has 1 amide bonds. The Morgan fingerprint density at radius 3 is 2.27 bits per heavy atom. The Morgan fingerprint density at radius 1 is 1.18 bits per heavy atom. The van der Waals surface area contributed by atoms with Gasteiger partial charge < -0.3 is 29.8 Å². The number of aliphatic hydroxyl groups is 1. The Balaban J connectivity index is 1.62. The highest BCUT2D eigenvalue weighted by molar-refractivity contribution is 6.28. The number of carbonyl (C=O) groups excluding carboxylic acids is 1. The zero-order chi connectivity index (χ0) is 29.9. The van der Waals surface area contributed by atoms with Crippen LogP contribution in [0.2, 0.25) is 5.28 Å². The van der Waals surface area contributed by atoms with Crippen LogP contribution in [-0.4, -0.2) is 78.9 Å². The third kappa shape index (κ3) is 9.07. The van der Waals surface area contributed by atoms with Crippen molar-refractivity contribution in [2.24, 2.45) is 0 Å². The molecule has 222 valence electrons. The highest BCUT2D eigenvalue weighted by Gasteiger charge is 2.34. The number of amides is 1. The number of rotatable bonds is 9. The average Bonchev–Trinajstić information content (AvgIpc) is 3.18. The van der Waals surface area contributed by atoms with Crippen molar-refractivity contribution < 1.29 is 32.7 Å². The van der Waals surface area contributed by atoms with Gasteiger partial charge in [-0.25, -0.2) is 4.79 Å². The first-order valence-corrected chi connectivity index (χ1v) is 13.3. The zero-order valence-corrected chi connectivity index (χ0v) is 23.7. The number of hydrogen-bond acceptors (Lipinski definition) is 7. The molecule has 40 heavy (non-hydrogen) atoms. The standard InChI is InChI=1S/C26H35ClF3N5O5/c1-24(2,3)40-23(36)34(14-9-18-5-7-19(8-6-18)26(28,29)30)20-10-12-32(13-11-20)16-25(4,37)17-33-15-21(35(38)39)31-22(33)27/h5-8,15,20,37H,9-14,16-17H2,1-4H3/t25-/m0/s1. The molecule has 1 aliphatic rings. The summed E-state index contributed by atoms with van der Waals surface area (Å²) in [4.78, 5) is 30.7. The van der Waals surface area contributed by atoms with Gasteiger partial charge in [0.05, 0.1) is 17.7 Å². The molecule has 3 rings (SSSR count). The van der Waals surface area contributed by atoms with Crippen LogP contribution >= 0.6 is 11.6 Å². The predicted octanol–water partition coefficient (Wildman–Crippen LogP) is 5.16. The van der Waals surface area contributed by atoms with Gasteiger partial charge in [-0.15, -0.1) is 0 Å². The van der Waals surface area contributed by atoms with Gasteiger partial charge in [0.25, 0.3) is 0 Å². The van der Waals surface area contributed by atoms with Gasteiger partial charge in [-0.3, -0.25) is 4.57 Å². The second-order valence-corrected chi connectivity index (χ2v) is 11.7. The molecule has 2 aromatic rings. The lowest BCUT2D eigenvalue weighted by molar-refractivity contribution is -0.389. The van der Waals surface area contributed by atoms with Gasteiger partial charge >= 0.3 is 23.4 Å². The van der Waals surface area contributed by atoms with Crippen LogP contribution in [0.15, 0.2) is 30.5 Å². The fraction of sp³-hybridized carbons (Fsp3) is 0.615. The van der Waals surface area contributed by atoms with Gasteiger partial charge in [0.1, 0.15) is 11.8 Å². The van der Waals surface area contributed by atoms with E-state index in [0.717, 1.165) is 12.1 Å². The number of nitro groups is 1. The monoisotopic (exact) mass is 589 g/mol. The molecule has 1 atom stereocenters.